The van der Waals surface area contributed by atoms with E-state index in [1.165, 1.54) is 0 Å². The first-order valence-corrected chi connectivity index (χ1v) is 10.2. The molecular formula is C19H24N4OS. The highest BCUT2D eigenvalue weighted by atomic mass is 32.2. The molecule has 0 bridgehead atoms. The van der Waals surface area contributed by atoms with Gasteiger partial charge < -0.3 is 9.80 Å². The Hall–Kier alpha value is -1.82. The number of aromatic nitrogens is 2. The van der Waals surface area contributed by atoms with E-state index in [4.69, 9.17) is 9.97 Å². The van der Waals surface area contributed by atoms with Crippen molar-refractivity contribution in [2.24, 2.45) is 5.92 Å². The van der Waals surface area contributed by atoms with Crippen LogP contribution in [0, 0.1) is 12.8 Å². The Kier molecular flexibility index (Phi) is 4.79. The van der Waals surface area contributed by atoms with Gasteiger partial charge in [-0.15, -0.1) is 0 Å². The third-order valence-electron chi connectivity index (χ3n) is 5.11. The van der Waals surface area contributed by atoms with Crippen LogP contribution in [0.1, 0.15) is 18.5 Å². The van der Waals surface area contributed by atoms with E-state index in [9.17, 15) is 4.79 Å². The van der Waals surface area contributed by atoms with Crippen molar-refractivity contribution in [3.8, 4) is 0 Å². The van der Waals surface area contributed by atoms with Crippen molar-refractivity contribution in [2.75, 3.05) is 42.6 Å². The highest BCUT2D eigenvalue weighted by molar-refractivity contribution is 7.99. The molecule has 0 spiro atoms. The van der Waals surface area contributed by atoms with Crippen LogP contribution in [0.4, 0.5) is 5.82 Å². The number of anilines is 1. The van der Waals surface area contributed by atoms with E-state index < -0.39 is 0 Å². The number of fused-ring (bicyclic) bond motifs is 1. The average Bonchev–Trinajstić information content (AvgIpc) is 2.67. The van der Waals surface area contributed by atoms with E-state index in [0.29, 0.717) is 5.91 Å². The molecule has 0 saturated carbocycles. The van der Waals surface area contributed by atoms with Crippen LogP contribution in [-0.4, -0.2) is 58.5 Å². The van der Waals surface area contributed by atoms with Gasteiger partial charge in [-0.25, -0.2) is 9.97 Å². The lowest BCUT2D eigenvalue weighted by Gasteiger charge is -2.37. The van der Waals surface area contributed by atoms with Gasteiger partial charge >= 0.3 is 0 Å². The van der Waals surface area contributed by atoms with Crippen LogP contribution in [0.3, 0.4) is 0 Å². The largest absolute Gasteiger partial charge is 0.354 e. The summed E-state index contributed by atoms with van der Waals surface area (Å²) in [4.78, 5) is 26.8. The summed E-state index contributed by atoms with van der Waals surface area (Å²) in [5.74, 6) is 3.49. The Balaban J connectivity index is 1.54. The Morgan fingerprint density at radius 3 is 2.60 bits per heavy atom. The van der Waals surface area contributed by atoms with Crippen molar-refractivity contribution in [1.29, 1.82) is 0 Å². The molecular weight excluding hydrogens is 332 g/mol. The molecule has 2 aromatic rings. The molecule has 5 nitrogen and oxygen atoms in total. The van der Waals surface area contributed by atoms with Crippen molar-refractivity contribution < 1.29 is 4.79 Å². The zero-order chi connectivity index (χ0) is 17.2. The monoisotopic (exact) mass is 356 g/mol. The molecule has 0 N–H and O–H groups in total. The molecule has 1 aromatic heterocycles. The molecule has 0 aliphatic carbocycles. The zero-order valence-corrected chi connectivity index (χ0v) is 15.5. The van der Waals surface area contributed by atoms with Gasteiger partial charge in [0.05, 0.1) is 22.6 Å². The van der Waals surface area contributed by atoms with E-state index in [0.717, 1.165) is 73.1 Å². The van der Waals surface area contributed by atoms with E-state index >= 15 is 0 Å². The Morgan fingerprint density at radius 2 is 1.84 bits per heavy atom. The number of benzene rings is 1. The number of rotatable bonds is 2. The van der Waals surface area contributed by atoms with E-state index in [-0.39, 0.29) is 5.92 Å². The van der Waals surface area contributed by atoms with Crippen molar-refractivity contribution in [3.05, 3.63) is 30.0 Å². The predicted molar refractivity (Wildman–Crippen MR) is 103 cm³/mol. The van der Waals surface area contributed by atoms with Crippen LogP contribution in [0.2, 0.25) is 0 Å². The molecule has 1 atom stereocenters. The van der Waals surface area contributed by atoms with Gasteiger partial charge in [0.15, 0.2) is 5.82 Å². The number of hydrogen-bond acceptors (Lipinski definition) is 5. The van der Waals surface area contributed by atoms with Crippen LogP contribution >= 0.6 is 11.8 Å². The lowest BCUT2D eigenvalue weighted by atomic mass is 9.96. The maximum Gasteiger partial charge on any atom is 0.227 e. The quantitative estimate of drug-likeness (QED) is 0.828. The van der Waals surface area contributed by atoms with Crippen LogP contribution in [0.15, 0.2) is 24.3 Å². The number of piperidine rings is 1. The summed E-state index contributed by atoms with van der Waals surface area (Å²) in [5.41, 5.74) is 2.80. The topological polar surface area (TPSA) is 49.3 Å². The molecule has 2 saturated heterocycles. The second-order valence-electron chi connectivity index (χ2n) is 6.84. The first-order chi connectivity index (χ1) is 12.2. The molecule has 1 aromatic carbocycles. The number of carbonyl (C=O) groups is 1. The van der Waals surface area contributed by atoms with Crippen LogP contribution in [0.25, 0.3) is 11.0 Å². The number of amides is 1. The third kappa shape index (κ3) is 3.45. The molecule has 6 heteroatoms. The maximum atomic E-state index is 12.9. The molecule has 1 amide bonds. The van der Waals surface area contributed by atoms with Crippen LogP contribution in [0.5, 0.6) is 0 Å². The van der Waals surface area contributed by atoms with Crippen LogP contribution in [-0.2, 0) is 4.79 Å². The molecule has 4 rings (SSSR count). The van der Waals surface area contributed by atoms with Gasteiger partial charge in [0, 0.05) is 37.7 Å². The minimum atomic E-state index is 0.0875. The van der Waals surface area contributed by atoms with Gasteiger partial charge in [-0.2, -0.15) is 11.8 Å². The second-order valence-corrected chi connectivity index (χ2v) is 8.07. The van der Waals surface area contributed by atoms with Gasteiger partial charge in [0.2, 0.25) is 5.91 Å². The lowest BCUT2D eigenvalue weighted by Crippen LogP contribution is -2.47. The number of thioether (sulfide) groups is 1. The molecule has 25 heavy (non-hydrogen) atoms. The van der Waals surface area contributed by atoms with Gasteiger partial charge in [-0.1, -0.05) is 12.1 Å². The van der Waals surface area contributed by atoms with Gasteiger partial charge in [-0.05, 0) is 31.9 Å². The third-order valence-corrected chi connectivity index (χ3v) is 6.06. The predicted octanol–water partition coefficient (Wildman–Crippen LogP) is 2.73. The minimum Gasteiger partial charge on any atom is -0.354 e. The smallest absolute Gasteiger partial charge is 0.227 e. The molecule has 2 aliphatic rings. The van der Waals surface area contributed by atoms with Gasteiger partial charge in [0.1, 0.15) is 0 Å². The molecule has 132 valence electrons. The lowest BCUT2D eigenvalue weighted by molar-refractivity contribution is -0.135. The average molecular weight is 356 g/mol. The van der Waals surface area contributed by atoms with Gasteiger partial charge in [0.25, 0.3) is 0 Å². The fourth-order valence-electron chi connectivity index (χ4n) is 3.79. The summed E-state index contributed by atoms with van der Waals surface area (Å²) in [6, 6.07) is 7.98. The first-order valence-electron chi connectivity index (χ1n) is 9.07. The van der Waals surface area contributed by atoms with Gasteiger partial charge in [-0.3, -0.25) is 4.79 Å². The molecule has 2 fully saturated rings. The standard InChI is InChI=1S/C19H24N4OS/c1-14-18(21-17-7-3-2-6-16(17)20-14)23-8-4-5-15(13-23)19(24)22-9-11-25-12-10-22/h2-3,6-7,15H,4-5,8-13H2,1H3. The van der Waals surface area contributed by atoms with E-state index in [1.807, 2.05) is 43.0 Å². The van der Waals surface area contributed by atoms with Crippen molar-refractivity contribution >= 4 is 34.5 Å². The number of para-hydroxylation sites is 2. The summed E-state index contributed by atoms with van der Waals surface area (Å²) in [5, 5.41) is 0. The summed E-state index contributed by atoms with van der Waals surface area (Å²) in [7, 11) is 0. The molecule has 2 aliphatic heterocycles. The fourth-order valence-corrected chi connectivity index (χ4v) is 4.69. The van der Waals surface area contributed by atoms with Crippen molar-refractivity contribution in [3.63, 3.8) is 0 Å². The van der Waals surface area contributed by atoms with Crippen LogP contribution < -0.4 is 4.90 Å². The van der Waals surface area contributed by atoms with E-state index in [1.54, 1.807) is 0 Å². The SMILES string of the molecule is Cc1nc2ccccc2nc1N1CCCC(C(=O)N2CCSCC2)C1. The highest BCUT2D eigenvalue weighted by Crippen LogP contribution is 2.27. The molecule has 3 heterocycles. The summed E-state index contributed by atoms with van der Waals surface area (Å²) >= 11 is 1.94. The zero-order valence-electron chi connectivity index (χ0n) is 14.6. The van der Waals surface area contributed by atoms with Crippen molar-refractivity contribution in [1.82, 2.24) is 14.9 Å². The Morgan fingerprint density at radius 1 is 1.12 bits per heavy atom. The number of nitrogens with zero attached hydrogens (tertiary/aromatic N) is 4. The summed E-state index contributed by atoms with van der Waals surface area (Å²) in [6.07, 6.45) is 2.02. The molecule has 1 unspecified atom stereocenters. The number of hydrogen-bond donors (Lipinski definition) is 0. The first kappa shape index (κ1) is 16.6. The second kappa shape index (κ2) is 7.20. The number of aryl methyl sites for hydroxylation is 1. The number of carbonyl (C=O) groups excluding carboxylic acids is 1. The van der Waals surface area contributed by atoms with E-state index in [2.05, 4.69) is 9.80 Å². The summed E-state index contributed by atoms with van der Waals surface area (Å²) < 4.78 is 0. The normalized spacial score (nSPS) is 21.6. The molecule has 0 radical (unpaired) electrons. The highest BCUT2D eigenvalue weighted by Gasteiger charge is 2.31. The fraction of sp³-hybridized carbons (Fsp3) is 0.526. The Labute approximate surface area is 152 Å². The summed E-state index contributed by atoms with van der Waals surface area (Å²) in [6.45, 7) is 5.52. The Bertz CT molecular complexity index is 775. The minimum absolute atomic E-state index is 0.0875. The van der Waals surface area contributed by atoms with Crippen molar-refractivity contribution in [2.45, 2.75) is 19.8 Å². The maximum absolute atomic E-state index is 12.9.